The number of hydrogen-bond acceptors (Lipinski definition) is 5. The van der Waals surface area contributed by atoms with Crippen LogP contribution in [-0.4, -0.2) is 60.0 Å². The molecule has 0 bridgehead atoms. The Morgan fingerprint density at radius 1 is 0.939 bits per heavy atom. The van der Waals surface area contributed by atoms with Crippen LogP contribution in [0.1, 0.15) is 30.5 Å². The molecule has 2 aliphatic heterocycles. The second-order valence-corrected chi connectivity index (χ2v) is 9.04. The van der Waals surface area contributed by atoms with E-state index in [1.807, 2.05) is 12.1 Å². The zero-order valence-corrected chi connectivity index (χ0v) is 19.1. The second kappa shape index (κ2) is 10.3. The lowest BCUT2D eigenvalue weighted by Gasteiger charge is -2.22. The van der Waals surface area contributed by atoms with Crippen molar-refractivity contribution in [1.82, 2.24) is 14.8 Å². The minimum atomic E-state index is 0.0891. The first-order valence-electron chi connectivity index (χ1n) is 12.1. The third-order valence-corrected chi connectivity index (χ3v) is 6.59. The van der Waals surface area contributed by atoms with Crippen LogP contribution in [0.15, 0.2) is 54.6 Å². The summed E-state index contributed by atoms with van der Waals surface area (Å²) in [7, 11) is 0. The first kappa shape index (κ1) is 21.9. The van der Waals surface area contributed by atoms with E-state index in [0.29, 0.717) is 13.0 Å². The Morgan fingerprint density at radius 3 is 2.79 bits per heavy atom. The smallest absolute Gasteiger partial charge is 0.224 e. The van der Waals surface area contributed by atoms with E-state index in [0.717, 1.165) is 74.8 Å². The number of benzene rings is 2. The van der Waals surface area contributed by atoms with E-state index in [2.05, 4.69) is 57.6 Å². The fourth-order valence-corrected chi connectivity index (χ4v) is 4.75. The molecule has 0 aliphatic carbocycles. The molecule has 0 saturated carbocycles. The summed E-state index contributed by atoms with van der Waals surface area (Å²) < 4.78 is 5.97. The molecule has 0 radical (unpaired) electrons. The van der Waals surface area contributed by atoms with Crippen LogP contribution in [0.2, 0.25) is 0 Å². The van der Waals surface area contributed by atoms with E-state index in [4.69, 9.17) is 9.72 Å². The SMILES string of the molecule is O=C1CCc2ccc(OCCCN3CCCN(Cc4ccc5ccccc5n4)CC3)cc2N1. The molecule has 0 atom stereocenters. The predicted octanol–water partition coefficient (Wildman–Crippen LogP) is 4.10. The molecule has 1 saturated heterocycles. The van der Waals surface area contributed by atoms with E-state index in [1.54, 1.807) is 0 Å². The lowest BCUT2D eigenvalue weighted by Crippen LogP contribution is -2.31. The molecule has 3 heterocycles. The normalized spacial score (nSPS) is 17.4. The molecule has 6 heteroatoms. The van der Waals surface area contributed by atoms with Crippen LogP contribution in [0.25, 0.3) is 10.9 Å². The highest BCUT2D eigenvalue weighted by Crippen LogP contribution is 2.27. The van der Waals surface area contributed by atoms with Crippen molar-refractivity contribution in [1.29, 1.82) is 0 Å². The molecular weight excluding hydrogens is 412 g/mol. The van der Waals surface area contributed by atoms with Crippen LogP contribution in [0.4, 0.5) is 5.69 Å². The van der Waals surface area contributed by atoms with Crippen molar-refractivity contribution in [3.8, 4) is 5.75 Å². The molecule has 1 fully saturated rings. The minimum Gasteiger partial charge on any atom is -0.493 e. The summed E-state index contributed by atoms with van der Waals surface area (Å²) in [4.78, 5) is 21.5. The zero-order valence-electron chi connectivity index (χ0n) is 19.1. The molecule has 1 N–H and O–H groups in total. The number of para-hydroxylation sites is 1. The third kappa shape index (κ3) is 5.70. The summed E-state index contributed by atoms with van der Waals surface area (Å²) >= 11 is 0. The summed E-state index contributed by atoms with van der Waals surface area (Å²) in [5, 5.41) is 4.14. The van der Waals surface area contributed by atoms with Gasteiger partial charge in [-0.15, -0.1) is 0 Å². The number of aromatic nitrogens is 1. The average Bonchev–Trinajstić information content (AvgIpc) is 3.06. The first-order valence-corrected chi connectivity index (χ1v) is 12.1. The maximum Gasteiger partial charge on any atom is 0.224 e. The third-order valence-electron chi connectivity index (χ3n) is 6.59. The lowest BCUT2D eigenvalue weighted by atomic mass is 10.0. The summed E-state index contributed by atoms with van der Waals surface area (Å²) in [6, 6.07) is 18.7. The van der Waals surface area contributed by atoms with Gasteiger partial charge in [0.2, 0.25) is 5.91 Å². The lowest BCUT2D eigenvalue weighted by molar-refractivity contribution is -0.116. The van der Waals surface area contributed by atoms with Crippen molar-refractivity contribution in [3.63, 3.8) is 0 Å². The summed E-state index contributed by atoms with van der Waals surface area (Å²) in [6.07, 6.45) is 3.55. The Bertz CT molecular complexity index is 1120. The van der Waals surface area contributed by atoms with Crippen LogP contribution in [0, 0.1) is 0 Å². The van der Waals surface area contributed by atoms with Gasteiger partial charge < -0.3 is 15.0 Å². The Morgan fingerprint density at radius 2 is 1.82 bits per heavy atom. The Kier molecular flexibility index (Phi) is 6.84. The van der Waals surface area contributed by atoms with Gasteiger partial charge in [0.15, 0.2) is 0 Å². The number of fused-ring (bicyclic) bond motifs is 2. The second-order valence-electron chi connectivity index (χ2n) is 9.04. The van der Waals surface area contributed by atoms with Crippen LogP contribution in [-0.2, 0) is 17.8 Å². The van der Waals surface area contributed by atoms with E-state index >= 15 is 0 Å². The van der Waals surface area contributed by atoms with Gasteiger partial charge in [0.25, 0.3) is 0 Å². The van der Waals surface area contributed by atoms with E-state index in [1.165, 1.54) is 17.4 Å². The Labute approximate surface area is 195 Å². The fourth-order valence-electron chi connectivity index (χ4n) is 4.75. The quantitative estimate of drug-likeness (QED) is 0.556. The fraction of sp³-hybridized carbons (Fsp3) is 0.407. The first-order chi connectivity index (χ1) is 16.2. The molecule has 0 unspecified atom stereocenters. The number of ether oxygens (including phenoxy) is 1. The van der Waals surface area contributed by atoms with Gasteiger partial charge in [-0.3, -0.25) is 14.7 Å². The summed E-state index contributed by atoms with van der Waals surface area (Å²) in [5.41, 5.74) is 4.32. The number of pyridine rings is 1. The van der Waals surface area contributed by atoms with Crippen LogP contribution < -0.4 is 10.1 Å². The molecule has 3 aromatic rings. The number of nitrogens with zero attached hydrogens (tertiary/aromatic N) is 3. The van der Waals surface area contributed by atoms with Crippen molar-refractivity contribution >= 4 is 22.5 Å². The Balaban J connectivity index is 1.06. The molecule has 2 aliphatic rings. The zero-order chi connectivity index (χ0) is 22.5. The highest BCUT2D eigenvalue weighted by Gasteiger charge is 2.17. The highest BCUT2D eigenvalue weighted by atomic mass is 16.5. The van der Waals surface area contributed by atoms with Crippen LogP contribution in [0.3, 0.4) is 0 Å². The molecular formula is C27H32N4O2. The summed E-state index contributed by atoms with van der Waals surface area (Å²) in [5.74, 6) is 0.923. The number of anilines is 1. The molecule has 2 aromatic carbocycles. The van der Waals surface area contributed by atoms with Crippen molar-refractivity contribution in [2.75, 3.05) is 44.6 Å². The topological polar surface area (TPSA) is 57.7 Å². The maximum atomic E-state index is 11.6. The van der Waals surface area contributed by atoms with Gasteiger partial charge in [-0.05, 0) is 56.1 Å². The molecule has 172 valence electrons. The Hall–Kier alpha value is -2.96. The number of aryl methyl sites for hydroxylation is 1. The number of amides is 1. The van der Waals surface area contributed by atoms with Gasteiger partial charge in [0, 0.05) is 49.7 Å². The number of carbonyl (C=O) groups excluding carboxylic acids is 1. The minimum absolute atomic E-state index is 0.0891. The molecule has 1 amide bonds. The molecule has 0 spiro atoms. The van der Waals surface area contributed by atoms with Crippen LogP contribution >= 0.6 is 0 Å². The standard InChI is InChI=1S/C27H32N4O2/c32-27-12-9-22-8-11-24(19-26(22)29-27)33-18-4-15-30-13-3-14-31(17-16-30)20-23-10-7-21-5-1-2-6-25(21)28-23/h1-2,5-8,10-11,19H,3-4,9,12-18,20H2,(H,29,32). The molecule has 33 heavy (non-hydrogen) atoms. The van der Waals surface area contributed by atoms with Gasteiger partial charge in [0.1, 0.15) is 5.75 Å². The average molecular weight is 445 g/mol. The monoisotopic (exact) mass is 444 g/mol. The number of hydrogen-bond donors (Lipinski definition) is 1. The summed E-state index contributed by atoms with van der Waals surface area (Å²) in [6.45, 7) is 7.04. The number of carbonyl (C=O) groups is 1. The molecule has 5 rings (SSSR count). The maximum absolute atomic E-state index is 11.6. The predicted molar refractivity (Wildman–Crippen MR) is 132 cm³/mol. The number of rotatable bonds is 7. The van der Waals surface area contributed by atoms with E-state index < -0.39 is 0 Å². The molecule has 1 aromatic heterocycles. The number of nitrogens with one attached hydrogen (secondary N) is 1. The molecule has 6 nitrogen and oxygen atoms in total. The van der Waals surface area contributed by atoms with Crippen molar-refractivity contribution in [3.05, 3.63) is 65.9 Å². The van der Waals surface area contributed by atoms with Crippen molar-refractivity contribution < 1.29 is 9.53 Å². The highest BCUT2D eigenvalue weighted by molar-refractivity contribution is 5.94. The van der Waals surface area contributed by atoms with Gasteiger partial charge in [-0.2, -0.15) is 0 Å². The largest absolute Gasteiger partial charge is 0.493 e. The van der Waals surface area contributed by atoms with Crippen molar-refractivity contribution in [2.45, 2.75) is 32.2 Å². The van der Waals surface area contributed by atoms with Gasteiger partial charge >= 0.3 is 0 Å². The van der Waals surface area contributed by atoms with Gasteiger partial charge in [-0.25, -0.2) is 0 Å². The van der Waals surface area contributed by atoms with Crippen molar-refractivity contribution in [2.24, 2.45) is 0 Å². The van der Waals surface area contributed by atoms with Gasteiger partial charge in [0.05, 0.1) is 17.8 Å². The van der Waals surface area contributed by atoms with E-state index in [-0.39, 0.29) is 5.91 Å². The van der Waals surface area contributed by atoms with E-state index in [9.17, 15) is 4.79 Å². The van der Waals surface area contributed by atoms with Gasteiger partial charge in [-0.1, -0.05) is 30.3 Å². The van der Waals surface area contributed by atoms with Crippen LogP contribution in [0.5, 0.6) is 5.75 Å².